The molecule has 2 heterocycles. The number of aromatic amines is 1. The van der Waals surface area contributed by atoms with Crippen LogP contribution in [0.15, 0.2) is 48.8 Å². The molecule has 0 fully saturated rings. The standard InChI is InChI=1S/C18H18N4O3/c1-24-13-3-4-14(17(9-13)25-2)15-10-16(22-21-15)18(23)20-11-12-5-7-19-8-6-12/h3-10H,11H2,1-2H3,(H,20,23)(H,21,22). The van der Waals surface area contributed by atoms with Crippen LogP contribution in [-0.4, -0.2) is 35.3 Å². The second-order valence-corrected chi connectivity index (χ2v) is 5.27. The minimum atomic E-state index is -0.233. The average Bonchev–Trinajstić information content (AvgIpc) is 3.16. The van der Waals surface area contributed by atoms with E-state index in [0.717, 1.165) is 11.1 Å². The highest BCUT2D eigenvalue weighted by molar-refractivity contribution is 5.93. The summed E-state index contributed by atoms with van der Waals surface area (Å²) in [6, 6.07) is 10.8. The fourth-order valence-corrected chi connectivity index (χ4v) is 2.36. The molecule has 0 unspecified atom stereocenters. The van der Waals surface area contributed by atoms with Crippen molar-refractivity contribution >= 4 is 5.91 Å². The fourth-order valence-electron chi connectivity index (χ4n) is 2.36. The van der Waals surface area contributed by atoms with Crippen LogP contribution in [0.5, 0.6) is 11.5 Å². The zero-order valence-electron chi connectivity index (χ0n) is 13.9. The zero-order chi connectivity index (χ0) is 17.6. The van der Waals surface area contributed by atoms with Gasteiger partial charge in [-0.1, -0.05) is 0 Å². The summed E-state index contributed by atoms with van der Waals surface area (Å²) in [4.78, 5) is 16.2. The van der Waals surface area contributed by atoms with E-state index in [2.05, 4.69) is 20.5 Å². The molecular weight excluding hydrogens is 320 g/mol. The Morgan fingerprint density at radius 1 is 1.12 bits per heavy atom. The smallest absolute Gasteiger partial charge is 0.269 e. The van der Waals surface area contributed by atoms with Gasteiger partial charge in [0.05, 0.1) is 19.9 Å². The first kappa shape index (κ1) is 16.5. The number of H-pyrrole nitrogens is 1. The highest BCUT2D eigenvalue weighted by Gasteiger charge is 2.14. The second kappa shape index (κ2) is 7.48. The van der Waals surface area contributed by atoms with Gasteiger partial charge in [-0.25, -0.2) is 0 Å². The number of aromatic nitrogens is 3. The van der Waals surface area contributed by atoms with Gasteiger partial charge in [0.1, 0.15) is 17.2 Å². The molecule has 2 N–H and O–H groups in total. The zero-order valence-corrected chi connectivity index (χ0v) is 13.9. The number of carbonyl (C=O) groups excluding carboxylic acids is 1. The van der Waals surface area contributed by atoms with Crippen LogP contribution < -0.4 is 14.8 Å². The number of hydrogen-bond donors (Lipinski definition) is 2. The molecule has 25 heavy (non-hydrogen) atoms. The number of nitrogens with zero attached hydrogens (tertiary/aromatic N) is 2. The molecule has 0 aliphatic rings. The van der Waals surface area contributed by atoms with Crippen molar-refractivity contribution < 1.29 is 14.3 Å². The summed E-state index contributed by atoms with van der Waals surface area (Å²) in [5, 5.41) is 9.81. The minimum Gasteiger partial charge on any atom is -0.497 e. The van der Waals surface area contributed by atoms with Gasteiger partial charge in [-0.15, -0.1) is 0 Å². The number of amides is 1. The Labute approximate surface area is 145 Å². The second-order valence-electron chi connectivity index (χ2n) is 5.27. The van der Waals surface area contributed by atoms with E-state index in [1.807, 2.05) is 24.3 Å². The monoisotopic (exact) mass is 338 g/mol. The van der Waals surface area contributed by atoms with Crippen molar-refractivity contribution in [2.24, 2.45) is 0 Å². The van der Waals surface area contributed by atoms with Crippen LogP contribution in [0, 0.1) is 0 Å². The molecule has 0 aliphatic heterocycles. The van der Waals surface area contributed by atoms with Gasteiger partial charge in [0.25, 0.3) is 5.91 Å². The molecule has 0 aliphatic carbocycles. The number of methoxy groups -OCH3 is 2. The Balaban J connectivity index is 1.75. The highest BCUT2D eigenvalue weighted by atomic mass is 16.5. The number of carbonyl (C=O) groups is 1. The fraction of sp³-hybridized carbons (Fsp3) is 0.167. The largest absolute Gasteiger partial charge is 0.497 e. The molecule has 3 aromatic rings. The maximum absolute atomic E-state index is 12.3. The topological polar surface area (TPSA) is 89.1 Å². The number of hydrogen-bond acceptors (Lipinski definition) is 5. The third-order valence-corrected chi connectivity index (χ3v) is 3.71. The van der Waals surface area contributed by atoms with Crippen LogP contribution in [0.4, 0.5) is 0 Å². The Bertz CT molecular complexity index is 862. The SMILES string of the molecule is COc1ccc(-c2cc(C(=O)NCc3ccncc3)[nH]n2)c(OC)c1. The Morgan fingerprint density at radius 3 is 2.64 bits per heavy atom. The van der Waals surface area contributed by atoms with Gasteiger partial charge in [0, 0.05) is 30.6 Å². The lowest BCUT2D eigenvalue weighted by molar-refractivity contribution is 0.0946. The number of rotatable bonds is 6. The maximum atomic E-state index is 12.3. The molecule has 1 amide bonds. The molecule has 0 saturated carbocycles. The van der Waals surface area contributed by atoms with Crippen LogP contribution in [0.3, 0.4) is 0 Å². The molecule has 7 nitrogen and oxygen atoms in total. The highest BCUT2D eigenvalue weighted by Crippen LogP contribution is 2.32. The van der Waals surface area contributed by atoms with Gasteiger partial charge in [0.15, 0.2) is 0 Å². The first-order valence-electron chi connectivity index (χ1n) is 7.66. The van der Waals surface area contributed by atoms with Crippen molar-refractivity contribution in [2.45, 2.75) is 6.54 Å². The maximum Gasteiger partial charge on any atom is 0.269 e. The van der Waals surface area contributed by atoms with Gasteiger partial charge in [-0.05, 0) is 35.9 Å². The van der Waals surface area contributed by atoms with E-state index < -0.39 is 0 Å². The Morgan fingerprint density at radius 2 is 1.92 bits per heavy atom. The summed E-state index contributed by atoms with van der Waals surface area (Å²) < 4.78 is 10.6. The summed E-state index contributed by atoms with van der Waals surface area (Å²) in [7, 11) is 3.17. The predicted octanol–water partition coefficient (Wildman–Crippen LogP) is 2.42. The van der Waals surface area contributed by atoms with Crippen LogP contribution in [0.2, 0.25) is 0 Å². The number of nitrogens with one attached hydrogen (secondary N) is 2. The first-order chi connectivity index (χ1) is 12.2. The van der Waals surface area contributed by atoms with Crippen molar-refractivity contribution in [3.05, 3.63) is 60.0 Å². The minimum absolute atomic E-state index is 0.233. The van der Waals surface area contributed by atoms with E-state index in [0.29, 0.717) is 29.4 Å². The van der Waals surface area contributed by atoms with E-state index >= 15 is 0 Å². The van der Waals surface area contributed by atoms with Gasteiger partial charge in [-0.2, -0.15) is 5.10 Å². The average molecular weight is 338 g/mol. The van der Waals surface area contributed by atoms with Gasteiger partial charge < -0.3 is 14.8 Å². The van der Waals surface area contributed by atoms with E-state index in [1.165, 1.54) is 0 Å². The van der Waals surface area contributed by atoms with E-state index in [-0.39, 0.29) is 5.91 Å². The molecule has 0 radical (unpaired) electrons. The first-order valence-corrected chi connectivity index (χ1v) is 7.66. The third kappa shape index (κ3) is 3.77. The summed E-state index contributed by atoms with van der Waals surface area (Å²) in [6.45, 7) is 0.418. The molecule has 0 saturated heterocycles. The Kier molecular flexibility index (Phi) is 4.94. The lowest BCUT2D eigenvalue weighted by Crippen LogP contribution is -2.23. The summed E-state index contributed by atoms with van der Waals surface area (Å²) in [5.41, 5.74) is 2.74. The van der Waals surface area contributed by atoms with E-state index in [9.17, 15) is 4.79 Å². The summed E-state index contributed by atoms with van der Waals surface area (Å²) >= 11 is 0. The van der Waals surface area contributed by atoms with Crippen LogP contribution in [0.25, 0.3) is 11.3 Å². The molecule has 7 heteroatoms. The predicted molar refractivity (Wildman–Crippen MR) is 92.5 cm³/mol. The van der Waals surface area contributed by atoms with Crippen LogP contribution in [0.1, 0.15) is 16.1 Å². The molecule has 2 aromatic heterocycles. The number of benzene rings is 1. The van der Waals surface area contributed by atoms with Crippen molar-refractivity contribution in [1.29, 1.82) is 0 Å². The van der Waals surface area contributed by atoms with Crippen molar-refractivity contribution in [1.82, 2.24) is 20.5 Å². The number of pyridine rings is 1. The van der Waals surface area contributed by atoms with Gasteiger partial charge >= 0.3 is 0 Å². The number of ether oxygens (including phenoxy) is 2. The van der Waals surface area contributed by atoms with Crippen LogP contribution in [-0.2, 0) is 6.54 Å². The van der Waals surface area contributed by atoms with E-state index in [1.54, 1.807) is 38.7 Å². The third-order valence-electron chi connectivity index (χ3n) is 3.71. The lowest BCUT2D eigenvalue weighted by Gasteiger charge is -2.08. The molecule has 0 spiro atoms. The normalized spacial score (nSPS) is 10.3. The van der Waals surface area contributed by atoms with Gasteiger partial charge in [0.2, 0.25) is 0 Å². The summed E-state index contributed by atoms with van der Waals surface area (Å²) in [5.74, 6) is 1.07. The van der Waals surface area contributed by atoms with Crippen molar-refractivity contribution in [2.75, 3.05) is 14.2 Å². The van der Waals surface area contributed by atoms with Crippen LogP contribution >= 0.6 is 0 Å². The molecule has 1 aromatic carbocycles. The quantitative estimate of drug-likeness (QED) is 0.720. The van der Waals surface area contributed by atoms with Crippen molar-refractivity contribution in [3.63, 3.8) is 0 Å². The molecule has 0 bridgehead atoms. The Hall–Kier alpha value is -3.35. The molecule has 128 valence electrons. The molecule has 0 atom stereocenters. The van der Waals surface area contributed by atoms with Gasteiger partial charge in [-0.3, -0.25) is 14.9 Å². The van der Waals surface area contributed by atoms with Crippen molar-refractivity contribution in [3.8, 4) is 22.8 Å². The molecular formula is C18H18N4O3. The lowest BCUT2D eigenvalue weighted by atomic mass is 10.1. The summed E-state index contributed by atoms with van der Waals surface area (Å²) in [6.07, 6.45) is 3.37. The molecule has 3 rings (SSSR count). The van der Waals surface area contributed by atoms with E-state index in [4.69, 9.17) is 9.47 Å².